The summed E-state index contributed by atoms with van der Waals surface area (Å²) in [6, 6.07) is 0. The molecule has 20 heavy (non-hydrogen) atoms. The van der Waals surface area contributed by atoms with Crippen molar-refractivity contribution in [2.24, 2.45) is 5.92 Å². The normalized spacial score (nSPS) is 16.8. The molecule has 0 aromatic carbocycles. The molecule has 1 saturated carbocycles. The van der Waals surface area contributed by atoms with Gasteiger partial charge >= 0.3 is 5.97 Å². The Labute approximate surface area is 124 Å². The molecule has 0 atom stereocenters. The van der Waals surface area contributed by atoms with Crippen molar-refractivity contribution in [3.8, 4) is 0 Å². The molecule has 0 saturated heterocycles. The zero-order valence-corrected chi connectivity index (χ0v) is 13.0. The van der Waals surface area contributed by atoms with E-state index in [2.05, 4.69) is 28.6 Å². The average Bonchev–Trinajstić information content (AvgIpc) is 2.80. The van der Waals surface area contributed by atoms with Gasteiger partial charge in [0.1, 0.15) is 5.82 Å². The van der Waals surface area contributed by atoms with E-state index in [1.54, 1.807) is 0 Å². The van der Waals surface area contributed by atoms with E-state index in [4.69, 9.17) is 5.11 Å². The number of thioether (sulfide) groups is 1. The van der Waals surface area contributed by atoms with Crippen molar-refractivity contribution in [2.75, 3.05) is 5.75 Å². The third-order valence-corrected chi connectivity index (χ3v) is 4.70. The Kier molecular flexibility index (Phi) is 5.46. The van der Waals surface area contributed by atoms with Crippen LogP contribution in [0, 0.1) is 5.92 Å². The van der Waals surface area contributed by atoms with E-state index in [9.17, 15) is 4.79 Å². The van der Waals surface area contributed by atoms with Crippen LogP contribution in [0.2, 0.25) is 0 Å². The number of hydrogen-bond acceptors (Lipinski definition) is 4. The van der Waals surface area contributed by atoms with E-state index in [0.717, 1.165) is 17.5 Å². The third-order valence-electron chi connectivity index (χ3n) is 3.75. The number of carbonyl (C=O) groups is 1. The van der Waals surface area contributed by atoms with Gasteiger partial charge in [-0.15, -0.1) is 10.2 Å². The molecule has 2 rings (SSSR count). The van der Waals surface area contributed by atoms with Gasteiger partial charge in [-0.05, 0) is 18.8 Å². The minimum atomic E-state index is -0.812. The molecule has 0 bridgehead atoms. The summed E-state index contributed by atoms with van der Waals surface area (Å²) in [6.07, 6.45) is 6.48. The zero-order chi connectivity index (χ0) is 14.5. The average molecular weight is 297 g/mol. The molecule has 1 N–H and O–H groups in total. The van der Waals surface area contributed by atoms with Crippen molar-refractivity contribution in [3.63, 3.8) is 0 Å². The van der Waals surface area contributed by atoms with E-state index < -0.39 is 5.97 Å². The van der Waals surface area contributed by atoms with Gasteiger partial charge in [-0.3, -0.25) is 4.79 Å². The van der Waals surface area contributed by atoms with Gasteiger partial charge < -0.3 is 9.67 Å². The lowest BCUT2D eigenvalue weighted by atomic mass is 9.89. The number of carboxylic acids is 1. The predicted octanol–water partition coefficient (Wildman–Crippen LogP) is 3.16. The second-order valence-electron chi connectivity index (χ2n) is 5.79. The van der Waals surface area contributed by atoms with Crippen molar-refractivity contribution in [1.29, 1.82) is 0 Å². The van der Waals surface area contributed by atoms with Crippen LogP contribution >= 0.6 is 11.8 Å². The summed E-state index contributed by atoms with van der Waals surface area (Å²) >= 11 is 1.27. The van der Waals surface area contributed by atoms with Crippen molar-refractivity contribution < 1.29 is 9.90 Å². The molecule has 0 unspecified atom stereocenters. The summed E-state index contributed by atoms with van der Waals surface area (Å²) in [7, 11) is 0. The molecule has 1 fully saturated rings. The topological polar surface area (TPSA) is 68.0 Å². The molecule has 1 aliphatic carbocycles. The first-order valence-corrected chi connectivity index (χ1v) is 8.34. The fraction of sp³-hybridized carbons (Fsp3) is 0.786. The zero-order valence-electron chi connectivity index (χ0n) is 12.2. The van der Waals surface area contributed by atoms with E-state index in [-0.39, 0.29) is 5.75 Å². The minimum Gasteiger partial charge on any atom is -0.481 e. The maximum atomic E-state index is 10.7. The van der Waals surface area contributed by atoms with Gasteiger partial charge in [0.15, 0.2) is 5.16 Å². The van der Waals surface area contributed by atoms with E-state index >= 15 is 0 Å². The predicted molar refractivity (Wildman–Crippen MR) is 79.0 cm³/mol. The van der Waals surface area contributed by atoms with Crippen LogP contribution in [0.5, 0.6) is 0 Å². The van der Waals surface area contributed by atoms with Crippen molar-refractivity contribution in [2.45, 2.75) is 63.6 Å². The molecule has 6 heteroatoms. The highest BCUT2D eigenvalue weighted by molar-refractivity contribution is 7.99. The van der Waals surface area contributed by atoms with Gasteiger partial charge in [-0.2, -0.15) is 0 Å². The molecule has 112 valence electrons. The van der Waals surface area contributed by atoms with Crippen molar-refractivity contribution in [1.82, 2.24) is 14.8 Å². The fourth-order valence-corrected chi connectivity index (χ4v) is 3.43. The third kappa shape index (κ3) is 3.98. The van der Waals surface area contributed by atoms with Gasteiger partial charge in [-0.25, -0.2) is 0 Å². The molecule has 1 aromatic heterocycles. The number of carboxylic acid groups (broad SMARTS) is 1. The van der Waals surface area contributed by atoms with Gasteiger partial charge in [0.2, 0.25) is 0 Å². The lowest BCUT2D eigenvalue weighted by Gasteiger charge is -2.23. The van der Waals surface area contributed by atoms with Crippen LogP contribution in [0.4, 0.5) is 0 Å². The molecule has 0 spiro atoms. The van der Waals surface area contributed by atoms with Crippen molar-refractivity contribution in [3.05, 3.63) is 5.82 Å². The molecular weight excluding hydrogens is 274 g/mol. The van der Waals surface area contributed by atoms with Crippen LogP contribution in [0.25, 0.3) is 0 Å². The first-order valence-electron chi connectivity index (χ1n) is 7.35. The number of aliphatic carboxylic acids is 1. The molecule has 0 aliphatic heterocycles. The number of nitrogens with zero attached hydrogens (tertiary/aromatic N) is 3. The Morgan fingerprint density at radius 1 is 1.35 bits per heavy atom. The Bertz CT molecular complexity index is 453. The second-order valence-corrected chi connectivity index (χ2v) is 6.74. The van der Waals surface area contributed by atoms with Crippen LogP contribution in [0.3, 0.4) is 0 Å². The molecule has 1 heterocycles. The summed E-state index contributed by atoms with van der Waals surface area (Å²) in [5.74, 6) is 1.20. The van der Waals surface area contributed by atoms with Crippen LogP contribution in [-0.4, -0.2) is 31.6 Å². The number of aromatic nitrogens is 3. The Hall–Kier alpha value is -1.04. The van der Waals surface area contributed by atoms with E-state index in [1.807, 2.05) is 0 Å². The monoisotopic (exact) mass is 297 g/mol. The Morgan fingerprint density at radius 2 is 2.05 bits per heavy atom. The summed E-state index contributed by atoms with van der Waals surface area (Å²) in [4.78, 5) is 10.7. The van der Waals surface area contributed by atoms with Gasteiger partial charge in [-0.1, -0.05) is 44.9 Å². The largest absolute Gasteiger partial charge is 0.481 e. The Morgan fingerprint density at radius 3 is 2.65 bits per heavy atom. The molecule has 1 aromatic rings. The van der Waals surface area contributed by atoms with Crippen LogP contribution in [-0.2, 0) is 11.3 Å². The van der Waals surface area contributed by atoms with Gasteiger partial charge in [0, 0.05) is 12.5 Å². The lowest BCUT2D eigenvalue weighted by molar-refractivity contribution is -0.133. The number of rotatable bonds is 6. The van der Waals surface area contributed by atoms with Gasteiger partial charge in [0.05, 0.1) is 5.75 Å². The highest BCUT2D eigenvalue weighted by Gasteiger charge is 2.21. The fourth-order valence-electron chi connectivity index (χ4n) is 2.76. The SMILES string of the molecule is CC(C)c1nnc(SCC(=O)O)n1CC1CCCCC1. The molecule has 5 nitrogen and oxygen atoms in total. The summed E-state index contributed by atoms with van der Waals surface area (Å²) < 4.78 is 2.15. The van der Waals surface area contributed by atoms with Gasteiger partial charge in [0.25, 0.3) is 0 Å². The Balaban J connectivity index is 2.12. The quantitative estimate of drug-likeness (QED) is 0.817. The van der Waals surface area contributed by atoms with E-state index in [1.165, 1.54) is 43.9 Å². The van der Waals surface area contributed by atoms with Crippen molar-refractivity contribution >= 4 is 17.7 Å². The second kappa shape index (κ2) is 7.11. The maximum Gasteiger partial charge on any atom is 0.313 e. The summed E-state index contributed by atoms with van der Waals surface area (Å²) in [5.41, 5.74) is 0. The molecule has 0 radical (unpaired) electrons. The lowest BCUT2D eigenvalue weighted by Crippen LogP contribution is -2.17. The summed E-state index contributed by atoms with van der Waals surface area (Å²) in [6.45, 7) is 5.14. The first kappa shape index (κ1) is 15.4. The minimum absolute atomic E-state index is 0.0426. The maximum absolute atomic E-state index is 10.7. The van der Waals surface area contributed by atoms with E-state index in [0.29, 0.717) is 11.8 Å². The molecule has 0 amide bonds. The highest BCUT2D eigenvalue weighted by atomic mass is 32.2. The van der Waals surface area contributed by atoms with Crippen LogP contribution < -0.4 is 0 Å². The highest BCUT2D eigenvalue weighted by Crippen LogP contribution is 2.29. The van der Waals surface area contributed by atoms with Crippen LogP contribution in [0.15, 0.2) is 5.16 Å². The molecular formula is C14H23N3O2S. The number of hydrogen-bond donors (Lipinski definition) is 1. The standard InChI is InChI=1S/C14H23N3O2S/c1-10(2)13-15-16-14(20-9-12(18)19)17(13)8-11-6-4-3-5-7-11/h10-11H,3-9H2,1-2H3,(H,18,19). The van der Waals surface area contributed by atoms with Crippen LogP contribution in [0.1, 0.15) is 57.7 Å². The molecule has 1 aliphatic rings. The first-order chi connectivity index (χ1) is 9.58. The smallest absolute Gasteiger partial charge is 0.313 e. The summed E-state index contributed by atoms with van der Waals surface area (Å²) in [5, 5.41) is 18.0.